The van der Waals surface area contributed by atoms with Gasteiger partial charge < -0.3 is 15.3 Å². The van der Waals surface area contributed by atoms with Crippen LogP contribution < -0.4 is 0 Å². The predicted octanol–water partition coefficient (Wildman–Crippen LogP) is 15.4. The maximum absolute atomic E-state index is 12.5. The maximum atomic E-state index is 12.5. The Morgan fingerprint density at radius 1 is 0.263 bits per heavy atom. The van der Waals surface area contributed by atoms with Crippen LogP contribution in [0.4, 0.5) is 0 Å². The van der Waals surface area contributed by atoms with E-state index in [0.717, 1.165) is 83.5 Å². The van der Waals surface area contributed by atoms with Crippen molar-refractivity contribution in [1.82, 2.24) is 0 Å². The molecule has 0 radical (unpaired) electrons. The Morgan fingerprint density at radius 3 is 0.579 bits per heavy atom. The molecule has 0 spiro atoms. The molecule has 0 aromatic heterocycles. The van der Waals surface area contributed by atoms with Crippen molar-refractivity contribution in [3.63, 3.8) is 0 Å². The molecular weight excluding hydrogens is 697 g/mol. The largest absolute Gasteiger partial charge is 0.507 e. The van der Waals surface area contributed by atoms with Gasteiger partial charge in [-0.05, 0) is 176 Å². The molecule has 3 heteroatoms. The number of benzene rings is 4. The fraction of sp³-hybridized carbons (Fsp3) is 0.556. The first-order valence-corrected chi connectivity index (χ1v) is 21.2. The fourth-order valence-electron chi connectivity index (χ4n) is 10.6. The van der Waals surface area contributed by atoms with Crippen molar-refractivity contribution in [2.75, 3.05) is 0 Å². The number of phenols is 3. The molecule has 4 rings (SSSR count). The quantitative estimate of drug-likeness (QED) is 0.194. The monoisotopic (exact) mass is 775 g/mol. The lowest BCUT2D eigenvalue weighted by Crippen LogP contribution is -2.22. The smallest absolute Gasteiger partial charge is 0.124 e. The van der Waals surface area contributed by atoms with E-state index in [0.29, 0.717) is 0 Å². The van der Waals surface area contributed by atoms with Crippen LogP contribution in [-0.4, -0.2) is 15.3 Å². The second kappa shape index (κ2) is 14.2. The summed E-state index contributed by atoms with van der Waals surface area (Å²) in [6.45, 7) is 53.2. The zero-order valence-electron chi connectivity index (χ0n) is 40.6. The van der Waals surface area contributed by atoms with E-state index in [-0.39, 0.29) is 49.7 Å². The first kappa shape index (κ1) is 46.0. The maximum Gasteiger partial charge on any atom is 0.124 e. The first-order chi connectivity index (χ1) is 25.4. The summed E-state index contributed by atoms with van der Waals surface area (Å²) in [5.41, 5.74) is 17.0. The highest BCUT2D eigenvalue weighted by molar-refractivity contribution is 5.98. The highest BCUT2D eigenvalue weighted by Crippen LogP contribution is 2.56. The Balaban J connectivity index is 2.55. The molecule has 3 nitrogen and oxygen atoms in total. The Labute approximate surface area is 348 Å². The molecule has 0 heterocycles. The van der Waals surface area contributed by atoms with Crippen molar-refractivity contribution in [1.29, 1.82) is 0 Å². The van der Waals surface area contributed by atoms with Gasteiger partial charge in [0, 0.05) is 16.7 Å². The summed E-state index contributed by atoms with van der Waals surface area (Å²) in [5, 5.41) is 37.6. The summed E-state index contributed by atoms with van der Waals surface area (Å²) in [4.78, 5) is 0. The summed E-state index contributed by atoms with van der Waals surface area (Å²) in [5.74, 6) is 0.754. The number of rotatable bonds is 3. The van der Waals surface area contributed by atoms with E-state index in [1.54, 1.807) is 0 Å². The highest BCUT2D eigenvalue weighted by Gasteiger charge is 2.37. The average molecular weight is 775 g/mol. The number of phenolic OH excluding ortho intramolecular Hbond substituents is 3. The predicted molar refractivity (Wildman–Crippen MR) is 248 cm³/mol. The van der Waals surface area contributed by atoms with Crippen molar-refractivity contribution < 1.29 is 15.3 Å². The van der Waals surface area contributed by atoms with Gasteiger partial charge in [0.2, 0.25) is 0 Å². The van der Waals surface area contributed by atoms with E-state index in [4.69, 9.17) is 0 Å². The molecule has 0 atom stereocenters. The van der Waals surface area contributed by atoms with Crippen LogP contribution in [0.5, 0.6) is 17.2 Å². The SMILES string of the molecule is Cc1c(-c2c(O)cc(C(C)(C)C)c(C)c2C(C)(C)C)c(C)c(-c2c(O)cc(C(C)(C)C)c(C)c2C(C)(C)C)c(C)c1-c1c(O)cc(C(C)(C)C)c(C)c1C(C)(C)C. The minimum Gasteiger partial charge on any atom is -0.507 e. The first-order valence-electron chi connectivity index (χ1n) is 21.2. The Hall–Kier alpha value is -3.72. The molecule has 312 valence electrons. The van der Waals surface area contributed by atoms with Gasteiger partial charge in [0.15, 0.2) is 0 Å². The second-order valence-corrected chi connectivity index (χ2v) is 23.5. The van der Waals surface area contributed by atoms with Crippen molar-refractivity contribution in [2.24, 2.45) is 0 Å². The minimum atomic E-state index is -0.324. The van der Waals surface area contributed by atoms with Gasteiger partial charge in [0.05, 0.1) is 0 Å². The van der Waals surface area contributed by atoms with Crippen molar-refractivity contribution in [3.05, 3.63) is 85.0 Å². The van der Waals surface area contributed by atoms with Crippen molar-refractivity contribution in [2.45, 2.75) is 199 Å². The normalized spacial score (nSPS) is 13.5. The second-order valence-electron chi connectivity index (χ2n) is 23.5. The van der Waals surface area contributed by atoms with Crippen molar-refractivity contribution >= 4 is 0 Å². The van der Waals surface area contributed by atoms with E-state index in [1.807, 2.05) is 18.2 Å². The van der Waals surface area contributed by atoms with Crippen LogP contribution >= 0.6 is 0 Å². The number of hydrogen-bond acceptors (Lipinski definition) is 3. The summed E-state index contributed by atoms with van der Waals surface area (Å²) in [6.07, 6.45) is 0. The van der Waals surface area contributed by atoms with E-state index >= 15 is 0 Å². The number of aromatic hydroxyl groups is 3. The Bertz CT molecular complexity index is 1970. The van der Waals surface area contributed by atoms with Crippen molar-refractivity contribution in [3.8, 4) is 50.6 Å². The molecule has 0 bridgehead atoms. The zero-order valence-corrected chi connectivity index (χ0v) is 40.6. The topological polar surface area (TPSA) is 60.7 Å². The van der Waals surface area contributed by atoms with Crippen LogP contribution in [0.1, 0.15) is 191 Å². The van der Waals surface area contributed by atoms with Crippen LogP contribution in [0.2, 0.25) is 0 Å². The lowest BCUT2D eigenvalue weighted by molar-refractivity contribution is 0.466. The third-order valence-corrected chi connectivity index (χ3v) is 12.4. The zero-order chi connectivity index (χ0) is 44.2. The van der Waals surface area contributed by atoms with Gasteiger partial charge in [-0.2, -0.15) is 0 Å². The van der Waals surface area contributed by atoms with Gasteiger partial charge in [-0.1, -0.05) is 125 Å². The van der Waals surface area contributed by atoms with Crippen LogP contribution in [0.15, 0.2) is 18.2 Å². The van der Waals surface area contributed by atoms with Crippen LogP contribution in [0.25, 0.3) is 33.4 Å². The van der Waals surface area contributed by atoms with Gasteiger partial charge in [0.1, 0.15) is 17.2 Å². The highest BCUT2D eigenvalue weighted by atomic mass is 16.3. The van der Waals surface area contributed by atoms with Gasteiger partial charge >= 0.3 is 0 Å². The lowest BCUT2D eigenvalue weighted by Gasteiger charge is -2.36. The third kappa shape index (κ3) is 8.03. The standard InChI is InChI=1S/C54H78O3/c1-28-34(49(7,8)9)25-37(55)43(46(28)52(16,17)18)40-31(4)41(44-38(56)26-35(50(10,11)12)29(2)47(44)53(19,20)21)33(6)42(32(40)5)45-39(57)27-36(51(13,14)15)30(3)48(45)54(22,23)24/h25-27,55-57H,1-24H3. The molecule has 4 aromatic carbocycles. The Kier molecular flexibility index (Phi) is 11.5. The van der Waals surface area contributed by atoms with E-state index in [9.17, 15) is 15.3 Å². The summed E-state index contributed by atoms with van der Waals surface area (Å²) < 4.78 is 0. The van der Waals surface area contributed by atoms with Gasteiger partial charge in [-0.3, -0.25) is 0 Å². The third-order valence-electron chi connectivity index (χ3n) is 12.4. The molecule has 0 aliphatic rings. The molecular formula is C54H78O3. The van der Waals surface area contributed by atoms with Gasteiger partial charge in [-0.15, -0.1) is 0 Å². The van der Waals surface area contributed by atoms with Crippen LogP contribution in [0, 0.1) is 41.5 Å². The van der Waals surface area contributed by atoms with E-state index in [1.165, 1.54) is 16.7 Å². The lowest BCUT2D eigenvalue weighted by atomic mass is 9.68. The molecule has 4 aromatic rings. The molecule has 0 aliphatic carbocycles. The molecule has 0 saturated heterocycles. The van der Waals surface area contributed by atoms with E-state index in [2.05, 4.69) is 166 Å². The minimum absolute atomic E-state index is 0.187. The summed E-state index contributed by atoms with van der Waals surface area (Å²) in [6, 6.07) is 5.95. The molecule has 0 unspecified atom stereocenters. The molecule has 0 saturated carbocycles. The number of hydrogen-bond donors (Lipinski definition) is 3. The molecule has 0 aliphatic heterocycles. The molecule has 0 fully saturated rings. The van der Waals surface area contributed by atoms with Crippen LogP contribution in [0.3, 0.4) is 0 Å². The fourth-order valence-corrected chi connectivity index (χ4v) is 10.6. The van der Waals surface area contributed by atoms with Gasteiger partial charge in [-0.25, -0.2) is 0 Å². The van der Waals surface area contributed by atoms with Crippen LogP contribution in [-0.2, 0) is 32.5 Å². The molecule has 57 heavy (non-hydrogen) atoms. The average Bonchev–Trinajstić information content (AvgIpc) is 2.97. The molecule has 3 N–H and O–H groups in total. The van der Waals surface area contributed by atoms with Gasteiger partial charge in [0.25, 0.3) is 0 Å². The van der Waals surface area contributed by atoms with E-state index < -0.39 is 0 Å². The summed E-state index contributed by atoms with van der Waals surface area (Å²) in [7, 11) is 0. The summed E-state index contributed by atoms with van der Waals surface area (Å²) >= 11 is 0. The molecule has 0 amide bonds. The Morgan fingerprint density at radius 2 is 0.439 bits per heavy atom.